The standard InChI is InChI=1S/C35H37F5N4O8/c1-33(49,30(46)41-23-34(36,37)35(38,39)40)31(47)42-26-20-44(32(48)52-19-18-51-22-25-12-6-3-7-13-25)28-15-9-8-14-27(28)43(29(26)45)16-17-50-21-24-10-4-2-5-11-24/h2-15,26,49H,16-23H2,1H3,(H,41,46)(H,42,47)/t26-,33?/m0/s1. The first-order valence-corrected chi connectivity index (χ1v) is 16.0. The molecular weight excluding hydrogens is 699 g/mol. The van der Waals surface area contributed by atoms with Gasteiger partial charge in [0.25, 0.3) is 17.7 Å². The summed E-state index contributed by atoms with van der Waals surface area (Å²) in [5.41, 5.74) is -1.09. The number of alkyl halides is 5. The fourth-order valence-electron chi connectivity index (χ4n) is 4.91. The molecule has 0 fully saturated rings. The second kappa shape index (κ2) is 17.4. The van der Waals surface area contributed by atoms with Crippen LogP contribution in [-0.2, 0) is 41.8 Å². The molecule has 0 saturated heterocycles. The number of rotatable bonds is 15. The van der Waals surface area contributed by atoms with Gasteiger partial charge in [0.2, 0.25) is 5.60 Å². The summed E-state index contributed by atoms with van der Waals surface area (Å²) in [6.07, 6.45) is -6.97. The Morgan fingerprint density at radius 2 is 1.33 bits per heavy atom. The molecule has 1 aliphatic heterocycles. The van der Waals surface area contributed by atoms with Crippen molar-refractivity contribution in [3.8, 4) is 0 Å². The van der Waals surface area contributed by atoms with Crippen LogP contribution < -0.4 is 20.4 Å². The highest BCUT2D eigenvalue weighted by Crippen LogP contribution is 2.35. The molecule has 280 valence electrons. The van der Waals surface area contributed by atoms with Crippen molar-refractivity contribution in [3.05, 3.63) is 96.1 Å². The minimum atomic E-state index is -6.02. The van der Waals surface area contributed by atoms with E-state index in [4.69, 9.17) is 14.2 Å². The zero-order chi connectivity index (χ0) is 37.9. The molecule has 1 aliphatic rings. The second-order valence-corrected chi connectivity index (χ2v) is 11.8. The number of amides is 4. The molecule has 0 spiro atoms. The van der Waals surface area contributed by atoms with Crippen LogP contribution in [0.1, 0.15) is 18.1 Å². The lowest BCUT2D eigenvalue weighted by Crippen LogP contribution is -2.62. The number of para-hydroxylation sites is 2. The van der Waals surface area contributed by atoms with Gasteiger partial charge < -0.3 is 34.9 Å². The van der Waals surface area contributed by atoms with Gasteiger partial charge in [-0.1, -0.05) is 72.8 Å². The number of halogens is 5. The number of hydrogen-bond acceptors (Lipinski definition) is 8. The molecule has 0 saturated carbocycles. The lowest BCUT2D eigenvalue weighted by molar-refractivity contribution is -0.278. The molecule has 0 bridgehead atoms. The highest BCUT2D eigenvalue weighted by Gasteiger charge is 2.58. The first kappa shape index (κ1) is 39.7. The lowest BCUT2D eigenvalue weighted by Gasteiger charge is -2.28. The normalized spacial score (nSPS) is 16.0. The quantitative estimate of drug-likeness (QED) is 0.121. The van der Waals surface area contributed by atoms with Crippen molar-refractivity contribution in [1.82, 2.24) is 10.6 Å². The number of nitrogens with zero attached hydrogens (tertiary/aromatic N) is 2. The fourth-order valence-corrected chi connectivity index (χ4v) is 4.91. The highest BCUT2D eigenvalue weighted by molar-refractivity contribution is 6.11. The van der Waals surface area contributed by atoms with E-state index in [0.717, 1.165) is 16.0 Å². The smallest absolute Gasteiger partial charge is 0.447 e. The Morgan fingerprint density at radius 3 is 1.90 bits per heavy atom. The van der Waals surface area contributed by atoms with Gasteiger partial charge in [-0.3, -0.25) is 19.3 Å². The molecule has 3 N–H and O–H groups in total. The van der Waals surface area contributed by atoms with Crippen LogP contribution in [-0.4, -0.2) is 92.1 Å². The Kier molecular flexibility index (Phi) is 13.3. The van der Waals surface area contributed by atoms with E-state index < -0.39 is 60.6 Å². The molecular formula is C35H37F5N4O8. The molecule has 3 aromatic rings. The molecule has 0 radical (unpaired) electrons. The average molecular weight is 737 g/mol. The number of carbonyl (C=O) groups excluding carboxylic acids is 4. The minimum Gasteiger partial charge on any atom is -0.447 e. The summed E-state index contributed by atoms with van der Waals surface area (Å²) in [4.78, 5) is 55.5. The number of aliphatic hydroxyl groups is 1. The maximum atomic E-state index is 14.0. The zero-order valence-corrected chi connectivity index (χ0v) is 27.9. The fraction of sp³-hybridized carbons (Fsp3) is 0.371. The maximum Gasteiger partial charge on any atom is 0.455 e. The minimum absolute atomic E-state index is 0.00541. The lowest BCUT2D eigenvalue weighted by atomic mass is 10.0. The largest absolute Gasteiger partial charge is 0.455 e. The van der Waals surface area contributed by atoms with E-state index >= 15 is 0 Å². The molecule has 0 aliphatic carbocycles. The summed E-state index contributed by atoms with van der Waals surface area (Å²) in [5.74, 6) is -9.71. The van der Waals surface area contributed by atoms with Crippen molar-refractivity contribution in [2.45, 2.75) is 43.9 Å². The van der Waals surface area contributed by atoms with E-state index in [1.807, 2.05) is 60.7 Å². The van der Waals surface area contributed by atoms with Crippen molar-refractivity contribution >= 4 is 35.2 Å². The van der Waals surface area contributed by atoms with Gasteiger partial charge in [-0.15, -0.1) is 0 Å². The Bertz CT molecular complexity index is 1680. The average Bonchev–Trinajstić information content (AvgIpc) is 3.23. The molecule has 1 unspecified atom stereocenters. The third-order valence-electron chi connectivity index (χ3n) is 7.82. The van der Waals surface area contributed by atoms with Crippen molar-refractivity contribution < 1.29 is 60.4 Å². The molecule has 3 aromatic carbocycles. The van der Waals surface area contributed by atoms with Gasteiger partial charge in [-0.25, -0.2) is 4.79 Å². The first-order valence-electron chi connectivity index (χ1n) is 16.0. The van der Waals surface area contributed by atoms with Crippen LogP contribution in [0.2, 0.25) is 0 Å². The molecule has 2 atom stereocenters. The monoisotopic (exact) mass is 736 g/mol. The molecule has 1 heterocycles. The van der Waals surface area contributed by atoms with Gasteiger partial charge >= 0.3 is 18.2 Å². The van der Waals surface area contributed by atoms with E-state index in [0.29, 0.717) is 6.92 Å². The number of carbonyl (C=O) groups is 4. The van der Waals surface area contributed by atoms with Crippen LogP contribution in [0.15, 0.2) is 84.9 Å². The highest BCUT2D eigenvalue weighted by atomic mass is 19.4. The summed E-state index contributed by atoms with van der Waals surface area (Å²) in [6.45, 7) is -2.19. The second-order valence-electron chi connectivity index (χ2n) is 11.8. The van der Waals surface area contributed by atoms with Gasteiger partial charge in [-0.2, -0.15) is 22.0 Å². The van der Waals surface area contributed by atoms with Gasteiger partial charge in [0.05, 0.1) is 50.9 Å². The van der Waals surface area contributed by atoms with Crippen LogP contribution in [0.3, 0.4) is 0 Å². The number of anilines is 2. The Morgan fingerprint density at radius 1 is 0.788 bits per heavy atom. The number of hydrogen-bond donors (Lipinski definition) is 3. The number of benzene rings is 3. The first-order chi connectivity index (χ1) is 24.6. The van der Waals surface area contributed by atoms with Gasteiger partial charge in [-0.05, 0) is 30.2 Å². The third-order valence-corrected chi connectivity index (χ3v) is 7.82. The Balaban J connectivity index is 1.52. The summed E-state index contributed by atoms with van der Waals surface area (Å²) in [6, 6.07) is 22.9. The van der Waals surface area contributed by atoms with Crippen LogP contribution >= 0.6 is 0 Å². The predicted molar refractivity (Wildman–Crippen MR) is 176 cm³/mol. The number of fused-ring (bicyclic) bond motifs is 1. The van der Waals surface area contributed by atoms with E-state index in [2.05, 4.69) is 5.32 Å². The van der Waals surface area contributed by atoms with Crippen molar-refractivity contribution in [1.29, 1.82) is 0 Å². The molecule has 4 rings (SSSR count). The third kappa shape index (κ3) is 10.2. The van der Waals surface area contributed by atoms with Gasteiger partial charge in [0.15, 0.2) is 0 Å². The van der Waals surface area contributed by atoms with Gasteiger partial charge in [0.1, 0.15) is 12.6 Å². The van der Waals surface area contributed by atoms with Crippen LogP contribution in [0.5, 0.6) is 0 Å². The molecule has 17 heteroatoms. The maximum absolute atomic E-state index is 14.0. The molecule has 52 heavy (non-hydrogen) atoms. The zero-order valence-electron chi connectivity index (χ0n) is 27.9. The van der Waals surface area contributed by atoms with Crippen molar-refractivity contribution in [2.24, 2.45) is 0 Å². The predicted octanol–water partition coefficient (Wildman–Crippen LogP) is 3.96. The van der Waals surface area contributed by atoms with E-state index in [-0.39, 0.29) is 51.0 Å². The Labute approximate surface area is 295 Å². The topological polar surface area (TPSA) is 147 Å². The van der Waals surface area contributed by atoms with Crippen LogP contribution in [0, 0.1) is 0 Å². The summed E-state index contributed by atoms with van der Waals surface area (Å²) in [7, 11) is 0. The van der Waals surface area contributed by atoms with Crippen LogP contribution in [0.4, 0.5) is 38.1 Å². The van der Waals surface area contributed by atoms with E-state index in [9.17, 15) is 46.2 Å². The summed E-state index contributed by atoms with van der Waals surface area (Å²) in [5, 5.41) is 14.0. The molecule has 4 amide bonds. The summed E-state index contributed by atoms with van der Waals surface area (Å²) < 4.78 is 81.5. The van der Waals surface area contributed by atoms with Crippen molar-refractivity contribution in [3.63, 3.8) is 0 Å². The van der Waals surface area contributed by atoms with E-state index in [1.165, 1.54) is 22.3 Å². The Hall–Kier alpha value is -5.13. The number of nitrogens with one attached hydrogen (secondary N) is 2. The van der Waals surface area contributed by atoms with Crippen molar-refractivity contribution in [2.75, 3.05) is 49.3 Å². The summed E-state index contributed by atoms with van der Waals surface area (Å²) >= 11 is 0. The molecule has 0 aromatic heterocycles. The number of ether oxygens (including phenoxy) is 3. The SMILES string of the molecule is CC(O)(C(=O)NCC(F)(F)C(F)(F)F)C(=O)N[C@H]1CN(C(=O)OCCOCc2ccccc2)c2ccccc2N(CCOCc2ccccc2)C1=O. The van der Waals surface area contributed by atoms with E-state index in [1.54, 1.807) is 12.1 Å². The molecule has 12 nitrogen and oxygen atoms in total. The van der Waals surface area contributed by atoms with Gasteiger partial charge in [0, 0.05) is 6.54 Å². The van der Waals surface area contributed by atoms with Crippen LogP contribution in [0.25, 0.3) is 0 Å².